The van der Waals surface area contributed by atoms with Gasteiger partial charge in [-0.15, -0.1) is 10.2 Å². The van der Waals surface area contributed by atoms with Crippen LogP contribution >= 0.6 is 11.8 Å². The van der Waals surface area contributed by atoms with Crippen LogP contribution in [0.4, 0.5) is 0 Å². The third kappa shape index (κ3) is 3.47. The number of amides is 1. The van der Waals surface area contributed by atoms with Crippen molar-refractivity contribution < 1.29 is 9.21 Å². The second-order valence-corrected chi connectivity index (χ2v) is 6.11. The summed E-state index contributed by atoms with van der Waals surface area (Å²) < 4.78 is 5.45. The lowest BCUT2D eigenvalue weighted by Gasteiger charge is -2.14. The minimum Gasteiger partial charge on any atom is -0.424 e. The summed E-state index contributed by atoms with van der Waals surface area (Å²) in [5.41, 5.74) is 0.650. The van der Waals surface area contributed by atoms with Crippen LogP contribution in [0.1, 0.15) is 41.9 Å². The van der Waals surface area contributed by atoms with Gasteiger partial charge in [-0.2, -0.15) is 0 Å². The maximum Gasteiger partial charge on any atom is 0.255 e. The van der Waals surface area contributed by atoms with E-state index in [-0.39, 0.29) is 5.91 Å². The van der Waals surface area contributed by atoms with E-state index in [1.165, 1.54) is 11.8 Å². The second-order valence-electron chi connectivity index (χ2n) is 5.12. The molecule has 22 heavy (non-hydrogen) atoms. The molecule has 7 heteroatoms. The zero-order valence-electron chi connectivity index (χ0n) is 12.5. The molecule has 1 amide bonds. The summed E-state index contributed by atoms with van der Waals surface area (Å²) in [5, 5.41) is 8.74. The monoisotopic (exact) mass is 318 g/mol. The van der Waals surface area contributed by atoms with Crippen molar-refractivity contribution in [3.63, 3.8) is 0 Å². The largest absolute Gasteiger partial charge is 0.424 e. The van der Waals surface area contributed by atoms with E-state index in [0.29, 0.717) is 23.1 Å². The molecule has 0 aliphatic carbocycles. The Morgan fingerprint density at radius 3 is 2.68 bits per heavy atom. The maximum atomic E-state index is 12.2. The Morgan fingerprint density at radius 2 is 2.05 bits per heavy atom. The van der Waals surface area contributed by atoms with Gasteiger partial charge in [0.05, 0.1) is 16.3 Å². The Balaban J connectivity index is 1.57. The molecule has 0 saturated carbocycles. The summed E-state index contributed by atoms with van der Waals surface area (Å²) in [6.45, 7) is 3.68. The van der Waals surface area contributed by atoms with Gasteiger partial charge in [0.15, 0.2) is 0 Å². The molecule has 1 saturated heterocycles. The molecule has 1 fully saturated rings. The van der Waals surface area contributed by atoms with E-state index in [0.717, 1.165) is 37.4 Å². The first kappa shape index (κ1) is 15.0. The number of aromatic nitrogens is 3. The van der Waals surface area contributed by atoms with E-state index in [4.69, 9.17) is 4.42 Å². The highest BCUT2D eigenvalue weighted by molar-refractivity contribution is 7.98. The van der Waals surface area contributed by atoms with Crippen LogP contribution in [0.5, 0.6) is 0 Å². The molecule has 0 radical (unpaired) electrons. The number of pyridine rings is 1. The predicted octanol–water partition coefficient (Wildman–Crippen LogP) is 2.56. The fourth-order valence-corrected chi connectivity index (χ4v) is 3.00. The average Bonchev–Trinajstić information content (AvgIpc) is 3.24. The van der Waals surface area contributed by atoms with Gasteiger partial charge in [-0.3, -0.25) is 4.79 Å². The number of rotatable bonds is 5. The fourth-order valence-electron chi connectivity index (χ4n) is 2.32. The Labute approximate surface area is 133 Å². The first-order valence-electron chi connectivity index (χ1n) is 7.45. The normalized spacial score (nSPS) is 14.5. The molecular weight excluding hydrogens is 300 g/mol. The summed E-state index contributed by atoms with van der Waals surface area (Å²) in [7, 11) is 0. The lowest BCUT2D eigenvalue weighted by Crippen LogP contribution is -2.27. The van der Waals surface area contributed by atoms with Gasteiger partial charge < -0.3 is 9.32 Å². The van der Waals surface area contributed by atoms with Crippen LogP contribution in [0.25, 0.3) is 0 Å². The molecule has 0 atom stereocenters. The lowest BCUT2D eigenvalue weighted by molar-refractivity contribution is 0.0792. The molecular formula is C15H18N4O2S. The minimum absolute atomic E-state index is 0.0750. The van der Waals surface area contributed by atoms with Gasteiger partial charge >= 0.3 is 0 Å². The number of carbonyl (C=O) groups is 1. The molecule has 0 N–H and O–H groups in total. The fraction of sp³-hybridized carbons (Fsp3) is 0.467. The van der Waals surface area contributed by atoms with Gasteiger partial charge in [0.2, 0.25) is 11.8 Å². The van der Waals surface area contributed by atoms with Crippen molar-refractivity contribution in [1.29, 1.82) is 0 Å². The van der Waals surface area contributed by atoms with E-state index >= 15 is 0 Å². The van der Waals surface area contributed by atoms with Gasteiger partial charge in [-0.25, -0.2) is 4.98 Å². The average molecular weight is 318 g/mol. The van der Waals surface area contributed by atoms with Gasteiger partial charge in [0.25, 0.3) is 5.91 Å². The highest BCUT2D eigenvalue weighted by Crippen LogP contribution is 2.21. The number of nitrogens with zero attached hydrogens (tertiary/aromatic N) is 4. The van der Waals surface area contributed by atoms with Crippen molar-refractivity contribution in [2.24, 2.45) is 0 Å². The van der Waals surface area contributed by atoms with E-state index in [2.05, 4.69) is 15.2 Å². The van der Waals surface area contributed by atoms with Gasteiger partial charge in [0, 0.05) is 25.7 Å². The van der Waals surface area contributed by atoms with Gasteiger partial charge in [-0.1, -0.05) is 18.7 Å². The number of carbonyl (C=O) groups excluding carboxylic acids is 1. The first-order chi connectivity index (χ1) is 10.8. The highest BCUT2D eigenvalue weighted by Gasteiger charge is 2.19. The number of thioether (sulfide) groups is 1. The molecule has 0 unspecified atom stereocenters. The van der Waals surface area contributed by atoms with Crippen LogP contribution in [0.15, 0.2) is 27.8 Å². The van der Waals surface area contributed by atoms with Crippen LogP contribution in [0, 0.1) is 0 Å². The molecule has 2 aromatic rings. The van der Waals surface area contributed by atoms with Crippen molar-refractivity contribution in [3.05, 3.63) is 35.7 Å². The van der Waals surface area contributed by atoms with Crippen LogP contribution in [-0.4, -0.2) is 39.1 Å². The van der Waals surface area contributed by atoms with E-state index in [1.807, 2.05) is 24.0 Å². The molecule has 1 aliphatic heterocycles. The summed E-state index contributed by atoms with van der Waals surface area (Å²) >= 11 is 1.52. The number of likely N-dealkylation sites (tertiary alicyclic amines) is 1. The predicted molar refractivity (Wildman–Crippen MR) is 82.6 cm³/mol. The minimum atomic E-state index is 0.0750. The standard InChI is InChI=1S/C15H18N4O2S/c1-2-12-17-18-13(21-12)10-22-14-6-5-11(9-16-14)15(20)19-7-3-4-8-19/h5-6,9H,2-4,7-8,10H2,1H3. The van der Waals surface area contributed by atoms with Crippen LogP contribution in [-0.2, 0) is 12.2 Å². The second kappa shape index (κ2) is 6.91. The maximum absolute atomic E-state index is 12.2. The zero-order chi connectivity index (χ0) is 15.4. The molecule has 3 rings (SSSR count). The van der Waals surface area contributed by atoms with Crippen LogP contribution in [0.2, 0.25) is 0 Å². The quantitative estimate of drug-likeness (QED) is 0.789. The van der Waals surface area contributed by atoms with Crippen molar-refractivity contribution >= 4 is 17.7 Å². The number of aryl methyl sites for hydroxylation is 1. The van der Waals surface area contributed by atoms with Crippen molar-refractivity contribution in [2.75, 3.05) is 13.1 Å². The molecule has 0 bridgehead atoms. The van der Waals surface area contributed by atoms with Crippen molar-refractivity contribution in [2.45, 2.75) is 37.0 Å². The topological polar surface area (TPSA) is 72.1 Å². The molecule has 0 spiro atoms. The summed E-state index contributed by atoms with van der Waals surface area (Å²) in [6.07, 6.45) is 4.57. The Morgan fingerprint density at radius 1 is 1.27 bits per heavy atom. The lowest BCUT2D eigenvalue weighted by atomic mass is 10.2. The zero-order valence-corrected chi connectivity index (χ0v) is 13.3. The molecule has 1 aliphatic rings. The third-order valence-electron chi connectivity index (χ3n) is 3.53. The SMILES string of the molecule is CCc1nnc(CSc2ccc(C(=O)N3CCCC3)cn2)o1. The van der Waals surface area contributed by atoms with E-state index in [1.54, 1.807) is 6.20 Å². The Bertz CT molecular complexity index is 635. The summed E-state index contributed by atoms with van der Waals surface area (Å²) in [5.74, 6) is 1.90. The molecule has 6 nitrogen and oxygen atoms in total. The highest BCUT2D eigenvalue weighted by atomic mass is 32.2. The smallest absolute Gasteiger partial charge is 0.255 e. The molecule has 116 valence electrons. The molecule has 3 heterocycles. The molecule has 0 aromatic carbocycles. The van der Waals surface area contributed by atoms with Crippen molar-refractivity contribution in [1.82, 2.24) is 20.1 Å². The number of hydrogen-bond acceptors (Lipinski definition) is 6. The first-order valence-corrected chi connectivity index (χ1v) is 8.44. The Hall–Kier alpha value is -1.89. The summed E-state index contributed by atoms with van der Waals surface area (Å²) in [4.78, 5) is 18.4. The number of hydrogen-bond donors (Lipinski definition) is 0. The van der Waals surface area contributed by atoms with Crippen LogP contribution in [0.3, 0.4) is 0 Å². The Kier molecular flexibility index (Phi) is 4.72. The molecule has 2 aromatic heterocycles. The van der Waals surface area contributed by atoms with E-state index in [9.17, 15) is 4.79 Å². The van der Waals surface area contributed by atoms with Crippen LogP contribution < -0.4 is 0 Å². The third-order valence-corrected chi connectivity index (χ3v) is 4.46. The van der Waals surface area contributed by atoms with Crippen molar-refractivity contribution in [3.8, 4) is 0 Å². The van der Waals surface area contributed by atoms with E-state index < -0.39 is 0 Å². The summed E-state index contributed by atoms with van der Waals surface area (Å²) in [6, 6.07) is 3.70. The van der Waals surface area contributed by atoms with Gasteiger partial charge in [-0.05, 0) is 25.0 Å². The van der Waals surface area contributed by atoms with Gasteiger partial charge in [0.1, 0.15) is 0 Å².